The fourth-order valence-electron chi connectivity index (χ4n) is 0.969. The highest BCUT2D eigenvalue weighted by atomic mass is 16.4. The Balaban J connectivity index is 4.27. The summed E-state index contributed by atoms with van der Waals surface area (Å²) in [6, 6.07) is -0.957. The van der Waals surface area contributed by atoms with Crippen LogP contribution in [0.3, 0.4) is 0 Å². The smallest absolute Gasteiger partial charge is 0.320 e. The van der Waals surface area contributed by atoms with Gasteiger partial charge < -0.3 is 10.8 Å². The minimum absolute atomic E-state index is 0.0432. The first-order valence-electron chi connectivity index (χ1n) is 4.68. The first-order chi connectivity index (χ1) is 6.16. The quantitative estimate of drug-likeness (QED) is 0.712. The molecule has 0 saturated carbocycles. The van der Waals surface area contributed by atoms with Crippen molar-refractivity contribution in [1.29, 1.82) is 0 Å². The molecule has 0 fully saturated rings. The number of carbonyl (C=O) groups is 2. The zero-order valence-electron chi connectivity index (χ0n) is 9.20. The summed E-state index contributed by atoms with van der Waals surface area (Å²) in [7, 11) is 0. The molecule has 4 heteroatoms. The molecule has 0 bridgehead atoms. The molecule has 2 atom stereocenters. The van der Waals surface area contributed by atoms with E-state index < -0.39 is 17.4 Å². The number of ketones is 1. The summed E-state index contributed by atoms with van der Waals surface area (Å²) in [5.74, 6) is -1.33. The molecule has 0 radical (unpaired) electrons. The Morgan fingerprint density at radius 1 is 1.36 bits per heavy atom. The molecule has 82 valence electrons. The summed E-state index contributed by atoms with van der Waals surface area (Å²) >= 11 is 0. The van der Waals surface area contributed by atoms with Gasteiger partial charge in [-0.2, -0.15) is 0 Å². The van der Waals surface area contributed by atoms with Crippen molar-refractivity contribution in [2.75, 3.05) is 0 Å². The first-order valence-corrected chi connectivity index (χ1v) is 4.68. The standard InChI is InChI=1S/C10H19NO3/c1-6(8(11)9(13)14)5-7(12)10(2,3)4/h6,8H,5,11H2,1-4H3,(H,13,14)/t6?,8-/m0/s1. The van der Waals surface area contributed by atoms with Crippen LogP contribution in [0.25, 0.3) is 0 Å². The summed E-state index contributed by atoms with van der Waals surface area (Å²) in [4.78, 5) is 22.1. The molecule has 0 spiro atoms. The molecule has 3 N–H and O–H groups in total. The van der Waals surface area contributed by atoms with E-state index in [0.717, 1.165) is 0 Å². The van der Waals surface area contributed by atoms with E-state index in [-0.39, 0.29) is 18.1 Å². The number of carbonyl (C=O) groups excluding carboxylic acids is 1. The molecule has 0 aliphatic heterocycles. The Bertz CT molecular complexity index is 230. The lowest BCUT2D eigenvalue weighted by molar-refractivity contribution is -0.140. The highest BCUT2D eigenvalue weighted by molar-refractivity contribution is 5.84. The van der Waals surface area contributed by atoms with Gasteiger partial charge in [-0.15, -0.1) is 0 Å². The lowest BCUT2D eigenvalue weighted by Gasteiger charge is -2.21. The van der Waals surface area contributed by atoms with E-state index in [0.29, 0.717) is 0 Å². The van der Waals surface area contributed by atoms with Gasteiger partial charge in [-0.1, -0.05) is 27.7 Å². The molecule has 0 aromatic rings. The van der Waals surface area contributed by atoms with E-state index in [1.54, 1.807) is 6.92 Å². The van der Waals surface area contributed by atoms with E-state index in [4.69, 9.17) is 10.8 Å². The second kappa shape index (κ2) is 4.55. The minimum Gasteiger partial charge on any atom is -0.480 e. The number of aliphatic carboxylic acids is 1. The van der Waals surface area contributed by atoms with Crippen molar-refractivity contribution in [1.82, 2.24) is 0 Å². The maximum Gasteiger partial charge on any atom is 0.320 e. The Hall–Kier alpha value is -0.900. The average Bonchev–Trinajstić information content (AvgIpc) is 2.00. The number of carboxylic acid groups (broad SMARTS) is 1. The Morgan fingerprint density at radius 2 is 1.79 bits per heavy atom. The first kappa shape index (κ1) is 13.1. The van der Waals surface area contributed by atoms with Crippen LogP contribution in [0.4, 0.5) is 0 Å². The van der Waals surface area contributed by atoms with E-state index in [2.05, 4.69) is 0 Å². The SMILES string of the molecule is CC(CC(=O)C(C)(C)C)[C@H](N)C(=O)O. The number of Topliss-reactive ketones (excluding diaryl/α,β-unsaturated/α-hetero) is 1. The topological polar surface area (TPSA) is 80.4 Å². The molecule has 0 aliphatic rings. The van der Waals surface area contributed by atoms with Crippen LogP contribution in [0, 0.1) is 11.3 Å². The lowest BCUT2D eigenvalue weighted by Crippen LogP contribution is -2.38. The van der Waals surface area contributed by atoms with Gasteiger partial charge in [0.25, 0.3) is 0 Å². The maximum absolute atomic E-state index is 11.6. The van der Waals surface area contributed by atoms with Crippen molar-refractivity contribution in [3.05, 3.63) is 0 Å². The summed E-state index contributed by atoms with van der Waals surface area (Å²) in [6.45, 7) is 7.12. The third kappa shape index (κ3) is 3.87. The van der Waals surface area contributed by atoms with Crippen molar-refractivity contribution in [3.8, 4) is 0 Å². The fraction of sp³-hybridized carbons (Fsp3) is 0.800. The second-order valence-corrected chi connectivity index (χ2v) is 4.72. The maximum atomic E-state index is 11.6. The van der Waals surface area contributed by atoms with Crippen molar-refractivity contribution in [2.24, 2.45) is 17.1 Å². The molecule has 0 amide bonds. The second-order valence-electron chi connectivity index (χ2n) is 4.72. The van der Waals surface area contributed by atoms with Crippen molar-refractivity contribution >= 4 is 11.8 Å². The van der Waals surface area contributed by atoms with Gasteiger partial charge in [0.1, 0.15) is 11.8 Å². The van der Waals surface area contributed by atoms with Gasteiger partial charge in [-0.25, -0.2) is 0 Å². The van der Waals surface area contributed by atoms with Gasteiger partial charge in [-0.05, 0) is 5.92 Å². The van der Waals surface area contributed by atoms with Crippen LogP contribution in [0.1, 0.15) is 34.1 Å². The molecular formula is C10H19NO3. The van der Waals surface area contributed by atoms with Gasteiger partial charge in [0.15, 0.2) is 0 Å². The zero-order valence-corrected chi connectivity index (χ0v) is 9.20. The van der Waals surface area contributed by atoms with E-state index in [1.807, 2.05) is 20.8 Å². The summed E-state index contributed by atoms with van der Waals surface area (Å²) in [5, 5.41) is 8.63. The molecule has 0 heterocycles. The number of rotatable bonds is 4. The Kier molecular flexibility index (Phi) is 4.26. The predicted molar refractivity (Wildman–Crippen MR) is 53.9 cm³/mol. The molecular weight excluding hydrogens is 182 g/mol. The minimum atomic E-state index is -1.06. The third-order valence-electron chi connectivity index (χ3n) is 2.24. The molecule has 0 aromatic heterocycles. The summed E-state index contributed by atoms with van der Waals surface area (Å²) in [5.41, 5.74) is 4.98. The van der Waals surface area contributed by atoms with Crippen LogP contribution in [-0.4, -0.2) is 22.9 Å². The molecule has 14 heavy (non-hydrogen) atoms. The lowest BCUT2D eigenvalue weighted by atomic mass is 9.84. The molecule has 0 aliphatic carbocycles. The van der Waals surface area contributed by atoms with Crippen molar-refractivity contribution < 1.29 is 14.7 Å². The van der Waals surface area contributed by atoms with Crippen LogP contribution >= 0.6 is 0 Å². The van der Waals surface area contributed by atoms with Crippen LogP contribution in [-0.2, 0) is 9.59 Å². The predicted octanol–water partition coefficient (Wildman–Crippen LogP) is 1.04. The fourth-order valence-corrected chi connectivity index (χ4v) is 0.969. The van der Waals surface area contributed by atoms with Crippen LogP contribution in [0.5, 0.6) is 0 Å². The largest absolute Gasteiger partial charge is 0.480 e. The highest BCUT2D eigenvalue weighted by Gasteiger charge is 2.27. The van der Waals surface area contributed by atoms with Crippen LogP contribution in [0.2, 0.25) is 0 Å². The number of nitrogens with two attached hydrogens (primary N) is 1. The van der Waals surface area contributed by atoms with E-state index in [9.17, 15) is 9.59 Å². The molecule has 1 unspecified atom stereocenters. The number of hydrogen-bond acceptors (Lipinski definition) is 3. The summed E-state index contributed by atoms with van der Waals surface area (Å²) < 4.78 is 0. The van der Waals surface area contributed by atoms with Gasteiger partial charge in [-0.3, -0.25) is 9.59 Å². The Morgan fingerprint density at radius 3 is 2.07 bits per heavy atom. The van der Waals surface area contributed by atoms with Crippen LogP contribution < -0.4 is 5.73 Å². The van der Waals surface area contributed by atoms with Crippen molar-refractivity contribution in [3.63, 3.8) is 0 Å². The molecule has 4 nitrogen and oxygen atoms in total. The van der Waals surface area contributed by atoms with Gasteiger partial charge in [0.05, 0.1) is 0 Å². The van der Waals surface area contributed by atoms with Crippen molar-refractivity contribution in [2.45, 2.75) is 40.2 Å². The van der Waals surface area contributed by atoms with E-state index in [1.165, 1.54) is 0 Å². The van der Waals surface area contributed by atoms with E-state index >= 15 is 0 Å². The highest BCUT2D eigenvalue weighted by Crippen LogP contribution is 2.20. The monoisotopic (exact) mass is 201 g/mol. The molecule has 0 aromatic carbocycles. The van der Waals surface area contributed by atoms with Crippen LogP contribution in [0.15, 0.2) is 0 Å². The third-order valence-corrected chi connectivity index (χ3v) is 2.24. The van der Waals surface area contributed by atoms with Gasteiger partial charge in [0, 0.05) is 11.8 Å². The number of carboxylic acids is 1. The van der Waals surface area contributed by atoms with Gasteiger partial charge >= 0.3 is 5.97 Å². The zero-order chi connectivity index (χ0) is 11.5. The normalized spacial score (nSPS) is 16.1. The molecule has 0 rings (SSSR count). The Labute approximate surface area is 84.5 Å². The van der Waals surface area contributed by atoms with Gasteiger partial charge in [0.2, 0.25) is 0 Å². The summed E-state index contributed by atoms with van der Waals surface area (Å²) in [6.07, 6.45) is 0.219. The number of hydrogen-bond donors (Lipinski definition) is 2. The average molecular weight is 201 g/mol. The molecule has 0 saturated heterocycles.